The number of aromatic nitrogens is 1. The van der Waals surface area contributed by atoms with Crippen LogP contribution < -0.4 is 16.4 Å². The molecule has 2 rings (SSSR count). The van der Waals surface area contributed by atoms with E-state index in [-0.39, 0.29) is 5.91 Å². The van der Waals surface area contributed by atoms with Crippen LogP contribution in [0.3, 0.4) is 0 Å². The second-order valence-electron chi connectivity index (χ2n) is 4.13. The zero-order valence-electron chi connectivity index (χ0n) is 9.37. The fourth-order valence-electron chi connectivity index (χ4n) is 1.44. The highest BCUT2D eigenvalue weighted by molar-refractivity contribution is 6.29. The van der Waals surface area contributed by atoms with Gasteiger partial charge in [0.15, 0.2) is 0 Å². The molecule has 5 nitrogen and oxygen atoms in total. The summed E-state index contributed by atoms with van der Waals surface area (Å²) in [5.41, 5.74) is 6.17. The van der Waals surface area contributed by atoms with Crippen LogP contribution in [0.1, 0.15) is 19.3 Å². The molecular formula is C11H15ClN4O. The van der Waals surface area contributed by atoms with Crippen LogP contribution in [0.25, 0.3) is 0 Å². The molecule has 0 unspecified atom stereocenters. The summed E-state index contributed by atoms with van der Waals surface area (Å²) in [5, 5.41) is 6.27. The molecule has 0 saturated heterocycles. The van der Waals surface area contributed by atoms with Gasteiger partial charge in [-0.3, -0.25) is 4.79 Å². The van der Waals surface area contributed by atoms with Crippen molar-refractivity contribution in [2.45, 2.75) is 25.3 Å². The maximum atomic E-state index is 11.4. The zero-order valence-corrected chi connectivity index (χ0v) is 10.1. The van der Waals surface area contributed by atoms with Gasteiger partial charge in [-0.15, -0.1) is 0 Å². The van der Waals surface area contributed by atoms with Crippen molar-refractivity contribution in [2.24, 2.45) is 0 Å². The van der Waals surface area contributed by atoms with Gasteiger partial charge in [-0.2, -0.15) is 0 Å². The predicted molar refractivity (Wildman–Crippen MR) is 67.9 cm³/mol. The number of nitrogen functional groups attached to an aromatic ring is 1. The third-order valence-electron chi connectivity index (χ3n) is 2.42. The lowest BCUT2D eigenvalue weighted by Gasteiger charge is -2.07. The molecule has 0 aromatic carbocycles. The number of hydrogen-bond donors (Lipinski definition) is 3. The van der Waals surface area contributed by atoms with E-state index in [9.17, 15) is 4.79 Å². The second kappa shape index (κ2) is 5.23. The lowest BCUT2D eigenvalue weighted by molar-refractivity contribution is -0.120. The van der Waals surface area contributed by atoms with Gasteiger partial charge in [0.1, 0.15) is 11.0 Å². The van der Waals surface area contributed by atoms with Gasteiger partial charge in [-0.05, 0) is 18.9 Å². The molecule has 4 N–H and O–H groups in total. The number of halogens is 1. The van der Waals surface area contributed by atoms with Crippen molar-refractivity contribution in [1.82, 2.24) is 10.3 Å². The monoisotopic (exact) mass is 254 g/mol. The first-order chi connectivity index (χ1) is 8.13. The van der Waals surface area contributed by atoms with Crippen LogP contribution in [0.4, 0.5) is 11.5 Å². The highest BCUT2D eigenvalue weighted by atomic mass is 35.5. The molecule has 0 spiro atoms. The summed E-state index contributed by atoms with van der Waals surface area (Å²) in [6.45, 7) is 0.519. The van der Waals surface area contributed by atoms with E-state index in [1.807, 2.05) is 0 Å². The lowest BCUT2D eigenvalue weighted by Crippen LogP contribution is -2.27. The van der Waals surface area contributed by atoms with Gasteiger partial charge in [0, 0.05) is 30.8 Å². The molecule has 1 aliphatic rings. The number of pyridine rings is 1. The highest BCUT2D eigenvalue weighted by Crippen LogP contribution is 2.18. The Morgan fingerprint density at radius 1 is 1.53 bits per heavy atom. The van der Waals surface area contributed by atoms with E-state index in [2.05, 4.69) is 15.6 Å². The molecule has 1 heterocycles. The van der Waals surface area contributed by atoms with E-state index in [0.717, 1.165) is 12.8 Å². The van der Waals surface area contributed by atoms with Crippen LogP contribution in [0, 0.1) is 0 Å². The number of carbonyl (C=O) groups excluding carboxylic acids is 1. The second-order valence-corrected chi connectivity index (χ2v) is 4.51. The molecule has 0 aliphatic heterocycles. The Hall–Kier alpha value is -1.49. The summed E-state index contributed by atoms with van der Waals surface area (Å²) < 4.78 is 0. The zero-order chi connectivity index (χ0) is 12.3. The van der Waals surface area contributed by atoms with Crippen LogP contribution in [0.5, 0.6) is 0 Å². The number of anilines is 2. The molecule has 1 aromatic heterocycles. The Balaban J connectivity index is 1.74. The van der Waals surface area contributed by atoms with Crippen molar-refractivity contribution in [2.75, 3.05) is 17.6 Å². The number of rotatable bonds is 5. The van der Waals surface area contributed by atoms with Crippen molar-refractivity contribution >= 4 is 29.0 Å². The van der Waals surface area contributed by atoms with E-state index in [0.29, 0.717) is 35.7 Å². The topological polar surface area (TPSA) is 80.0 Å². The largest absolute Gasteiger partial charge is 0.399 e. The number of nitrogens with one attached hydrogen (secondary N) is 2. The summed E-state index contributed by atoms with van der Waals surface area (Å²) >= 11 is 5.76. The summed E-state index contributed by atoms with van der Waals surface area (Å²) in [7, 11) is 0. The molecule has 1 fully saturated rings. The summed E-state index contributed by atoms with van der Waals surface area (Å²) in [6.07, 6.45) is 2.63. The number of hydrogen-bond acceptors (Lipinski definition) is 4. The molecule has 1 aromatic rings. The van der Waals surface area contributed by atoms with Crippen molar-refractivity contribution < 1.29 is 4.79 Å². The van der Waals surface area contributed by atoms with Gasteiger partial charge < -0.3 is 16.4 Å². The number of amides is 1. The fourth-order valence-corrected chi connectivity index (χ4v) is 1.66. The van der Waals surface area contributed by atoms with Gasteiger partial charge in [-0.1, -0.05) is 11.6 Å². The van der Waals surface area contributed by atoms with Gasteiger partial charge in [-0.25, -0.2) is 4.98 Å². The molecule has 0 radical (unpaired) electrons. The number of nitrogens with two attached hydrogens (primary N) is 1. The molecule has 92 valence electrons. The molecule has 1 amide bonds. The quantitative estimate of drug-likeness (QED) is 0.694. The molecule has 1 aliphatic carbocycles. The third-order valence-corrected chi connectivity index (χ3v) is 2.61. The van der Waals surface area contributed by atoms with E-state index in [1.54, 1.807) is 12.1 Å². The Morgan fingerprint density at radius 2 is 2.29 bits per heavy atom. The molecular weight excluding hydrogens is 240 g/mol. The smallest absolute Gasteiger partial charge is 0.221 e. The Labute approximate surface area is 105 Å². The van der Waals surface area contributed by atoms with Gasteiger partial charge in [0.2, 0.25) is 5.91 Å². The van der Waals surface area contributed by atoms with E-state index < -0.39 is 0 Å². The van der Waals surface area contributed by atoms with Crippen LogP contribution >= 0.6 is 11.6 Å². The van der Waals surface area contributed by atoms with Crippen molar-refractivity contribution in [1.29, 1.82) is 0 Å². The molecule has 0 bridgehead atoms. The number of nitrogens with zero attached hydrogens (tertiary/aromatic N) is 1. The molecule has 6 heteroatoms. The van der Waals surface area contributed by atoms with Crippen molar-refractivity contribution in [3.63, 3.8) is 0 Å². The lowest BCUT2D eigenvalue weighted by atomic mass is 10.3. The Kier molecular flexibility index (Phi) is 3.68. The maximum Gasteiger partial charge on any atom is 0.221 e. The summed E-state index contributed by atoms with van der Waals surface area (Å²) in [6, 6.07) is 3.67. The summed E-state index contributed by atoms with van der Waals surface area (Å²) in [4.78, 5) is 15.4. The number of carbonyl (C=O) groups is 1. The Bertz CT molecular complexity index is 400. The van der Waals surface area contributed by atoms with E-state index in [1.165, 1.54) is 0 Å². The van der Waals surface area contributed by atoms with Gasteiger partial charge in [0.05, 0.1) is 0 Å². The van der Waals surface area contributed by atoms with Gasteiger partial charge in [0.25, 0.3) is 0 Å². The van der Waals surface area contributed by atoms with E-state index >= 15 is 0 Å². The fraction of sp³-hybridized carbons (Fsp3) is 0.455. The van der Waals surface area contributed by atoms with Crippen LogP contribution in [-0.2, 0) is 4.79 Å². The molecule has 1 saturated carbocycles. The van der Waals surface area contributed by atoms with Crippen LogP contribution in [-0.4, -0.2) is 23.5 Å². The maximum absolute atomic E-state index is 11.4. The average Bonchev–Trinajstić information content (AvgIpc) is 3.00. The average molecular weight is 255 g/mol. The predicted octanol–water partition coefficient (Wildman–Crippen LogP) is 1.40. The van der Waals surface area contributed by atoms with Crippen LogP contribution in [0.15, 0.2) is 12.1 Å². The first-order valence-corrected chi connectivity index (χ1v) is 5.97. The van der Waals surface area contributed by atoms with Crippen molar-refractivity contribution in [3.05, 3.63) is 17.3 Å². The highest BCUT2D eigenvalue weighted by Gasteiger charge is 2.22. The minimum Gasteiger partial charge on any atom is -0.399 e. The minimum absolute atomic E-state index is 0.0648. The van der Waals surface area contributed by atoms with E-state index in [4.69, 9.17) is 17.3 Å². The van der Waals surface area contributed by atoms with Crippen LogP contribution in [0.2, 0.25) is 5.15 Å². The van der Waals surface area contributed by atoms with Gasteiger partial charge >= 0.3 is 0 Å². The molecule has 0 atom stereocenters. The minimum atomic E-state index is 0.0648. The van der Waals surface area contributed by atoms with Crippen molar-refractivity contribution in [3.8, 4) is 0 Å². The standard InChI is InChI=1S/C11H15ClN4O/c12-9-5-7(13)6-10(16-9)14-4-3-11(17)15-8-1-2-8/h5-6,8H,1-4H2,(H,15,17)(H3,13,14,16). The summed E-state index contributed by atoms with van der Waals surface area (Å²) in [5.74, 6) is 0.657. The SMILES string of the molecule is Nc1cc(Cl)nc(NCCC(=O)NC2CC2)c1. The Morgan fingerprint density at radius 3 is 2.94 bits per heavy atom. The molecule has 17 heavy (non-hydrogen) atoms. The normalized spacial score (nSPS) is 14.4. The third kappa shape index (κ3) is 4.11. The first-order valence-electron chi connectivity index (χ1n) is 5.60. The first kappa shape index (κ1) is 12.0.